The first-order valence-electron chi connectivity index (χ1n) is 7.43. The summed E-state index contributed by atoms with van der Waals surface area (Å²) >= 11 is 3.99. The molecule has 3 rings (SSSR count). The van der Waals surface area contributed by atoms with Gasteiger partial charge in [-0.05, 0) is 54.7 Å². The molecule has 1 fully saturated rings. The fourth-order valence-electron chi connectivity index (χ4n) is 2.31. The first kappa shape index (κ1) is 15.5. The van der Waals surface area contributed by atoms with E-state index >= 15 is 0 Å². The van der Waals surface area contributed by atoms with Crippen LogP contribution in [0.15, 0.2) is 48.5 Å². The van der Waals surface area contributed by atoms with Gasteiger partial charge in [-0.1, -0.05) is 29.8 Å². The number of amides is 1. The summed E-state index contributed by atoms with van der Waals surface area (Å²) in [5, 5.41) is 2.94. The number of anilines is 1. The topological polar surface area (TPSA) is 29.1 Å². The molecule has 0 unspecified atom stereocenters. The van der Waals surface area contributed by atoms with Crippen molar-refractivity contribution >= 4 is 35.1 Å². The minimum absolute atomic E-state index is 0.0562. The highest BCUT2D eigenvalue weighted by molar-refractivity contribution is 8.16. The number of nitrogens with one attached hydrogen (secondary N) is 1. The summed E-state index contributed by atoms with van der Waals surface area (Å²) in [5.74, 6) is 2.40. The average molecular weight is 329 g/mol. The van der Waals surface area contributed by atoms with E-state index < -0.39 is 0 Å². The second kappa shape index (κ2) is 7.25. The molecule has 22 heavy (non-hydrogen) atoms. The number of rotatable bonds is 3. The summed E-state index contributed by atoms with van der Waals surface area (Å²) < 4.78 is 0.517. The van der Waals surface area contributed by atoms with E-state index in [1.54, 1.807) is 0 Å². The highest BCUT2D eigenvalue weighted by Gasteiger charge is 2.16. The minimum atomic E-state index is -0.0562. The van der Waals surface area contributed by atoms with Crippen LogP contribution in [0.5, 0.6) is 0 Å². The summed E-state index contributed by atoms with van der Waals surface area (Å²) in [5.41, 5.74) is 4.03. The third-order valence-corrected chi connectivity index (χ3v) is 6.60. The quantitative estimate of drug-likeness (QED) is 0.848. The number of benzene rings is 2. The van der Waals surface area contributed by atoms with Crippen molar-refractivity contribution < 1.29 is 4.79 Å². The van der Waals surface area contributed by atoms with Crippen LogP contribution in [-0.2, 0) is 0 Å². The van der Waals surface area contributed by atoms with E-state index in [1.165, 1.54) is 29.1 Å². The Morgan fingerprint density at radius 1 is 1.00 bits per heavy atom. The summed E-state index contributed by atoms with van der Waals surface area (Å²) in [4.78, 5) is 12.3. The van der Waals surface area contributed by atoms with Crippen LogP contribution in [0.2, 0.25) is 0 Å². The molecule has 1 aliphatic heterocycles. The standard InChI is InChI=1S/C18H19NOS2/c1-13-3-9-16(10-4-13)19-17(20)14-5-7-15(8-6-14)18-21-11-2-12-22-18/h3-10,18H,2,11-12H2,1H3,(H,19,20). The highest BCUT2D eigenvalue weighted by atomic mass is 32.2. The van der Waals surface area contributed by atoms with Crippen LogP contribution < -0.4 is 5.32 Å². The lowest BCUT2D eigenvalue weighted by atomic mass is 10.1. The number of hydrogen-bond acceptors (Lipinski definition) is 3. The van der Waals surface area contributed by atoms with E-state index in [-0.39, 0.29) is 5.91 Å². The fraction of sp³-hybridized carbons (Fsp3) is 0.278. The molecular formula is C18H19NOS2. The molecule has 1 aliphatic rings. The van der Waals surface area contributed by atoms with Crippen molar-refractivity contribution in [2.75, 3.05) is 16.8 Å². The van der Waals surface area contributed by atoms with Crippen LogP contribution in [-0.4, -0.2) is 17.4 Å². The summed E-state index contributed by atoms with van der Waals surface area (Å²) in [6.45, 7) is 2.03. The predicted octanol–water partition coefficient (Wildman–Crippen LogP) is 5.12. The average Bonchev–Trinajstić information content (AvgIpc) is 2.58. The monoisotopic (exact) mass is 329 g/mol. The van der Waals surface area contributed by atoms with Crippen molar-refractivity contribution in [2.45, 2.75) is 17.9 Å². The van der Waals surface area contributed by atoms with Gasteiger partial charge < -0.3 is 5.32 Å². The van der Waals surface area contributed by atoms with Gasteiger partial charge in [0.25, 0.3) is 5.91 Å². The maximum atomic E-state index is 12.3. The molecule has 1 saturated heterocycles. The Bertz CT molecular complexity index is 631. The molecule has 4 heteroatoms. The van der Waals surface area contributed by atoms with Crippen molar-refractivity contribution in [3.8, 4) is 0 Å². The van der Waals surface area contributed by atoms with E-state index in [0.29, 0.717) is 10.1 Å². The predicted molar refractivity (Wildman–Crippen MR) is 97.8 cm³/mol. The largest absolute Gasteiger partial charge is 0.322 e. The van der Waals surface area contributed by atoms with Gasteiger partial charge in [0.05, 0.1) is 4.58 Å². The van der Waals surface area contributed by atoms with E-state index in [0.717, 1.165) is 5.69 Å². The van der Waals surface area contributed by atoms with E-state index in [4.69, 9.17) is 0 Å². The van der Waals surface area contributed by atoms with Crippen LogP contribution in [0.4, 0.5) is 5.69 Å². The molecule has 0 aliphatic carbocycles. The van der Waals surface area contributed by atoms with Gasteiger partial charge >= 0.3 is 0 Å². The summed E-state index contributed by atoms with van der Waals surface area (Å²) in [6, 6.07) is 15.9. The Kier molecular flexibility index (Phi) is 5.11. The smallest absolute Gasteiger partial charge is 0.255 e. The molecule has 2 nitrogen and oxygen atoms in total. The number of thioether (sulfide) groups is 2. The second-order valence-corrected chi connectivity index (χ2v) is 8.09. The van der Waals surface area contributed by atoms with Gasteiger partial charge in [0.1, 0.15) is 0 Å². The lowest BCUT2D eigenvalue weighted by Crippen LogP contribution is -2.12. The van der Waals surface area contributed by atoms with E-state index in [1.807, 2.05) is 66.8 Å². The Balaban J connectivity index is 1.66. The molecule has 2 aromatic rings. The second-order valence-electron chi connectivity index (χ2n) is 5.37. The molecule has 114 valence electrons. The normalized spacial score (nSPS) is 15.5. The SMILES string of the molecule is Cc1ccc(NC(=O)c2ccc(C3SCCCS3)cc2)cc1. The number of carbonyl (C=O) groups is 1. The van der Waals surface area contributed by atoms with Gasteiger partial charge in [-0.15, -0.1) is 23.5 Å². The van der Waals surface area contributed by atoms with E-state index in [2.05, 4.69) is 17.4 Å². The zero-order valence-corrected chi connectivity index (χ0v) is 14.2. The zero-order valence-electron chi connectivity index (χ0n) is 12.5. The van der Waals surface area contributed by atoms with Gasteiger partial charge in [0, 0.05) is 11.3 Å². The number of aryl methyl sites for hydroxylation is 1. The number of carbonyl (C=O) groups excluding carboxylic acids is 1. The first-order chi connectivity index (χ1) is 10.7. The third-order valence-electron chi connectivity index (χ3n) is 3.58. The Labute approximate surface area is 140 Å². The fourth-order valence-corrected chi connectivity index (χ4v) is 5.21. The van der Waals surface area contributed by atoms with Gasteiger partial charge in [0.2, 0.25) is 0 Å². The lowest BCUT2D eigenvalue weighted by Gasteiger charge is -2.21. The van der Waals surface area contributed by atoms with Crippen LogP contribution in [0, 0.1) is 6.92 Å². The van der Waals surface area contributed by atoms with Crippen LogP contribution in [0.3, 0.4) is 0 Å². The van der Waals surface area contributed by atoms with Crippen LogP contribution in [0.25, 0.3) is 0 Å². The molecule has 0 radical (unpaired) electrons. The van der Waals surface area contributed by atoms with Crippen molar-refractivity contribution in [2.24, 2.45) is 0 Å². The molecule has 0 atom stereocenters. The first-order valence-corrected chi connectivity index (χ1v) is 9.53. The van der Waals surface area contributed by atoms with Gasteiger partial charge in [-0.2, -0.15) is 0 Å². The Morgan fingerprint density at radius 2 is 1.64 bits per heavy atom. The molecule has 0 aromatic heterocycles. The summed E-state index contributed by atoms with van der Waals surface area (Å²) in [6.07, 6.45) is 1.29. The van der Waals surface area contributed by atoms with Crippen LogP contribution >= 0.6 is 23.5 Å². The maximum Gasteiger partial charge on any atom is 0.255 e. The van der Waals surface area contributed by atoms with E-state index in [9.17, 15) is 4.79 Å². The lowest BCUT2D eigenvalue weighted by molar-refractivity contribution is 0.102. The maximum absolute atomic E-state index is 12.3. The zero-order chi connectivity index (χ0) is 15.4. The van der Waals surface area contributed by atoms with Gasteiger partial charge in [-0.25, -0.2) is 0 Å². The molecular weight excluding hydrogens is 310 g/mol. The highest BCUT2D eigenvalue weighted by Crippen LogP contribution is 2.43. The molecule has 1 N–H and O–H groups in total. The molecule has 1 amide bonds. The van der Waals surface area contributed by atoms with Crippen molar-refractivity contribution in [3.05, 3.63) is 65.2 Å². The molecule has 1 heterocycles. The third kappa shape index (κ3) is 3.87. The Hall–Kier alpha value is -1.39. The molecule has 0 saturated carbocycles. The van der Waals surface area contributed by atoms with Crippen LogP contribution in [0.1, 0.15) is 32.5 Å². The van der Waals surface area contributed by atoms with Crippen molar-refractivity contribution in [3.63, 3.8) is 0 Å². The molecule has 0 bridgehead atoms. The Morgan fingerprint density at radius 3 is 2.27 bits per heavy atom. The molecule has 2 aromatic carbocycles. The summed E-state index contributed by atoms with van der Waals surface area (Å²) in [7, 11) is 0. The van der Waals surface area contributed by atoms with Gasteiger partial charge in [0.15, 0.2) is 0 Å². The molecule has 0 spiro atoms. The minimum Gasteiger partial charge on any atom is -0.322 e. The van der Waals surface area contributed by atoms with Gasteiger partial charge in [-0.3, -0.25) is 4.79 Å². The number of hydrogen-bond donors (Lipinski definition) is 1. The van der Waals surface area contributed by atoms with Crippen molar-refractivity contribution in [1.82, 2.24) is 0 Å². The van der Waals surface area contributed by atoms with Crippen molar-refractivity contribution in [1.29, 1.82) is 0 Å².